The van der Waals surface area contributed by atoms with Gasteiger partial charge < -0.3 is 9.47 Å². The molecule has 3 aromatic rings. The van der Waals surface area contributed by atoms with E-state index >= 15 is 0 Å². The van der Waals surface area contributed by atoms with E-state index in [2.05, 4.69) is 25.2 Å². The number of sulfonamides is 1. The number of hydrogen-bond donors (Lipinski definition) is 3. The highest BCUT2D eigenvalue weighted by Crippen LogP contribution is 2.31. The average molecular weight is 449 g/mol. The molecule has 3 N–H and O–H groups in total. The molecule has 1 aromatic heterocycles. The molecule has 10 nitrogen and oxygen atoms in total. The van der Waals surface area contributed by atoms with Gasteiger partial charge in [0, 0.05) is 6.07 Å². The summed E-state index contributed by atoms with van der Waals surface area (Å²) in [6.07, 6.45) is 0. The number of nitrogens with one attached hydrogen (secondary N) is 3. The lowest BCUT2D eigenvalue weighted by Gasteiger charge is -2.13. The molecule has 0 saturated heterocycles. The second-order valence-electron chi connectivity index (χ2n) is 6.34. The van der Waals surface area contributed by atoms with E-state index in [0.717, 1.165) is 12.1 Å². The summed E-state index contributed by atoms with van der Waals surface area (Å²) in [5.74, 6) is -0.352. The van der Waals surface area contributed by atoms with Crippen LogP contribution in [-0.2, 0) is 14.8 Å². The monoisotopic (exact) mass is 449 g/mol. The van der Waals surface area contributed by atoms with Gasteiger partial charge >= 0.3 is 0 Å². The minimum Gasteiger partial charge on any atom is -0.497 e. The lowest BCUT2D eigenvalue weighted by molar-refractivity contribution is -0.117. The molecule has 1 atom stereocenters. The van der Waals surface area contributed by atoms with E-state index in [-0.39, 0.29) is 5.95 Å². The first-order valence-corrected chi connectivity index (χ1v) is 10.5. The summed E-state index contributed by atoms with van der Waals surface area (Å²) in [5, 5.41) is 8.99. The number of nitrogens with zero attached hydrogens (tertiary/aromatic N) is 2. The van der Waals surface area contributed by atoms with E-state index in [9.17, 15) is 17.6 Å². The first-order chi connectivity index (χ1) is 14.7. The second-order valence-corrected chi connectivity index (χ2v) is 8.02. The normalized spacial score (nSPS) is 12.3. The summed E-state index contributed by atoms with van der Waals surface area (Å²) in [6, 6.07) is 8.72. The van der Waals surface area contributed by atoms with Gasteiger partial charge in [0.25, 0.3) is 0 Å². The number of amides is 1. The van der Waals surface area contributed by atoms with Crippen LogP contribution in [0.15, 0.2) is 47.4 Å². The van der Waals surface area contributed by atoms with Gasteiger partial charge in [0.05, 0.1) is 25.8 Å². The zero-order chi connectivity index (χ0) is 22.6. The Morgan fingerprint density at radius 1 is 1.16 bits per heavy atom. The van der Waals surface area contributed by atoms with Gasteiger partial charge in [-0.05, 0) is 31.2 Å². The fraction of sp³-hybridized carbons (Fsp3) is 0.211. The lowest BCUT2D eigenvalue weighted by Crippen LogP contribution is -2.41. The molecule has 0 fully saturated rings. The van der Waals surface area contributed by atoms with Crippen LogP contribution in [0.25, 0.3) is 11.4 Å². The Bertz CT molecular complexity index is 1200. The van der Waals surface area contributed by atoms with Gasteiger partial charge in [0.2, 0.25) is 21.9 Å². The van der Waals surface area contributed by atoms with Crippen LogP contribution in [0, 0.1) is 5.82 Å². The molecule has 2 aromatic carbocycles. The van der Waals surface area contributed by atoms with E-state index in [1.807, 2.05) is 0 Å². The molecule has 3 rings (SSSR count). The smallest absolute Gasteiger partial charge is 0.249 e. The van der Waals surface area contributed by atoms with Crippen molar-refractivity contribution in [2.75, 3.05) is 19.5 Å². The Kier molecular flexibility index (Phi) is 6.51. The first kappa shape index (κ1) is 22.2. The van der Waals surface area contributed by atoms with Gasteiger partial charge in [-0.25, -0.2) is 12.8 Å². The van der Waals surface area contributed by atoms with Crippen molar-refractivity contribution < 1.29 is 27.1 Å². The van der Waals surface area contributed by atoms with Crippen molar-refractivity contribution in [3.05, 3.63) is 48.3 Å². The number of carbonyl (C=O) groups is 1. The molecule has 12 heteroatoms. The molecule has 31 heavy (non-hydrogen) atoms. The molecule has 0 radical (unpaired) electrons. The van der Waals surface area contributed by atoms with E-state index in [1.54, 1.807) is 18.2 Å². The van der Waals surface area contributed by atoms with Crippen LogP contribution < -0.4 is 19.5 Å². The van der Waals surface area contributed by atoms with Crippen molar-refractivity contribution in [1.82, 2.24) is 19.9 Å². The van der Waals surface area contributed by atoms with E-state index < -0.39 is 32.7 Å². The van der Waals surface area contributed by atoms with Crippen LogP contribution in [0.5, 0.6) is 11.5 Å². The number of halogens is 1. The molecule has 0 bridgehead atoms. The molecule has 1 amide bonds. The van der Waals surface area contributed by atoms with Crippen molar-refractivity contribution >= 4 is 21.9 Å². The molecular weight excluding hydrogens is 429 g/mol. The van der Waals surface area contributed by atoms with Crippen LogP contribution in [-0.4, -0.2) is 49.8 Å². The predicted molar refractivity (Wildman–Crippen MR) is 110 cm³/mol. The number of hydrogen-bond acceptors (Lipinski definition) is 7. The molecule has 0 aliphatic heterocycles. The maximum Gasteiger partial charge on any atom is 0.249 e. The first-order valence-electron chi connectivity index (χ1n) is 8.97. The third kappa shape index (κ3) is 4.98. The van der Waals surface area contributed by atoms with Crippen molar-refractivity contribution in [1.29, 1.82) is 0 Å². The number of benzene rings is 2. The topological polar surface area (TPSA) is 135 Å². The summed E-state index contributed by atoms with van der Waals surface area (Å²) in [5.41, 5.74) is 0.574. The van der Waals surface area contributed by atoms with Gasteiger partial charge in [0.15, 0.2) is 5.82 Å². The Hall–Kier alpha value is -3.51. The molecule has 0 saturated carbocycles. The van der Waals surface area contributed by atoms with Crippen LogP contribution in [0.3, 0.4) is 0 Å². The Balaban J connectivity index is 1.72. The summed E-state index contributed by atoms with van der Waals surface area (Å²) in [7, 11) is -1.23. The van der Waals surface area contributed by atoms with Crippen LogP contribution in [0.1, 0.15) is 6.92 Å². The van der Waals surface area contributed by atoms with Crippen molar-refractivity contribution in [2.45, 2.75) is 17.9 Å². The maximum atomic E-state index is 13.8. The molecule has 0 aliphatic rings. The van der Waals surface area contributed by atoms with E-state index in [4.69, 9.17) is 9.47 Å². The van der Waals surface area contributed by atoms with Gasteiger partial charge in [-0.15, -0.1) is 5.10 Å². The fourth-order valence-corrected chi connectivity index (χ4v) is 3.95. The minimum absolute atomic E-state index is 0.0742. The van der Waals surface area contributed by atoms with Crippen molar-refractivity contribution in [2.24, 2.45) is 0 Å². The highest BCUT2D eigenvalue weighted by Gasteiger charge is 2.25. The Morgan fingerprint density at radius 2 is 1.90 bits per heavy atom. The number of methoxy groups -OCH3 is 2. The summed E-state index contributed by atoms with van der Waals surface area (Å²) in [4.78, 5) is 16.0. The zero-order valence-electron chi connectivity index (χ0n) is 16.8. The number of aromatic nitrogens is 3. The molecule has 1 heterocycles. The van der Waals surface area contributed by atoms with E-state index in [0.29, 0.717) is 22.9 Å². The SMILES string of the molecule is COc1ccc(-c2nc(NC(=O)[C@H](C)NS(=O)(=O)c3ccccc3F)n[nH]2)c(OC)c1. The predicted octanol–water partition coefficient (Wildman–Crippen LogP) is 1.93. The second kappa shape index (κ2) is 9.10. The molecule has 0 spiro atoms. The number of rotatable bonds is 8. The van der Waals surface area contributed by atoms with Gasteiger partial charge in [-0.2, -0.15) is 9.71 Å². The highest BCUT2D eigenvalue weighted by molar-refractivity contribution is 7.89. The number of aromatic amines is 1. The number of ether oxygens (including phenoxy) is 2. The summed E-state index contributed by atoms with van der Waals surface area (Å²) in [6.45, 7) is 1.31. The van der Waals surface area contributed by atoms with Crippen LogP contribution in [0.2, 0.25) is 0 Å². The number of anilines is 1. The standard InChI is InChI=1S/C19H20FN5O5S/c1-11(25-31(27,28)16-7-5-4-6-14(16)20)18(26)22-19-21-17(23-24-19)13-9-8-12(29-2)10-15(13)30-3/h4-11,25H,1-3H3,(H2,21,22,23,24,26)/t11-/m0/s1. The fourth-order valence-electron chi connectivity index (χ4n) is 2.66. The van der Waals surface area contributed by atoms with E-state index in [1.165, 1.54) is 33.3 Å². The molecular formula is C19H20FN5O5S. The molecule has 164 valence electrons. The largest absolute Gasteiger partial charge is 0.497 e. The van der Waals surface area contributed by atoms with Gasteiger partial charge in [-0.3, -0.25) is 15.2 Å². The van der Waals surface area contributed by atoms with Crippen LogP contribution in [0.4, 0.5) is 10.3 Å². The highest BCUT2D eigenvalue weighted by atomic mass is 32.2. The van der Waals surface area contributed by atoms with Crippen molar-refractivity contribution in [3.8, 4) is 22.9 Å². The third-order valence-corrected chi connectivity index (χ3v) is 5.81. The van der Waals surface area contributed by atoms with Crippen molar-refractivity contribution in [3.63, 3.8) is 0 Å². The minimum atomic E-state index is -4.24. The number of carbonyl (C=O) groups excluding carboxylic acids is 1. The molecule has 0 unspecified atom stereocenters. The summed E-state index contributed by atoms with van der Waals surface area (Å²) >= 11 is 0. The lowest BCUT2D eigenvalue weighted by atomic mass is 10.2. The third-order valence-electron chi connectivity index (χ3n) is 4.24. The van der Waals surface area contributed by atoms with Gasteiger partial charge in [0.1, 0.15) is 22.2 Å². The average Bonchev–Trinajstić information content (AvgIpc) is 3.21. The Morgan fingerprint density at radius 3 is 2.58 bits per heavy atom. The zero-order valence-corrected chi connectivity index (χ0v) is 17.7. The quantitative estimate of drug-likeness (QED) is 0.478. The Labute approximate surface area is 177 Å². The van der Waals surface area contributed by atoms with Crippen LogP contribution >= 0.6 is 0 Å². The molecule has 0 aliphatic carbocycles. The number of H-pyrrole nitrogens is 1. The van der Waals surface area contributed by atoms with Gasteiger partial charge in [-0.1, -0.05) is 12.1 Å². The summed E-state index contributed by atoms with van der Waals surface area (Å²) < 4.78 is 51.1. The maximum absolute atomic E-state index is 13.8.